The predicted octanol–water partition coefficient (Wildman–Crippen LogP) is 4.69. The van der Waals surface area contributed by atoms with Crippen molar-refractivity contribution < 1.29 is 17.4 Å². The molecule has 0 aliphatic carbocycles. The lowest BCUT2D eigenvalue weighted by molar-refractivity contribution is -0.137. The average molecular weight is 481 g/mol. The topological polar surface area (TPSA) is 49.3 Å². The van der Waals surface area contributed by atoms with Crippen molar-refractivity contribution in [3.8, 4) is 0 Å². The van der Waals surface area contributed by atoms with E-state index in [-0.39, 0.29) is 10.9 Å². The molecule has 3 aromatic rings. The monoisotopic (exact) mass is 480 g/mol. The van der Waals surface area contributed by atoms with Crippen molar-refractivity contribution >= 4 is 27.6 Å². The fourth-order valence-electron chi connectivity index (χ4n) is 3.61. The van der Waals surface area contributed by atoms with E-state index in [0.29, 0.717) is 26.1 Å². The molecule has 2 aromatic carbocycles. The van der Waals surface area contributed by atoms with Gasteiger partial charge in [-0.2, -0.15) is 17.5 Å². The second kappa shape index (κ2) is 9.29. The van der Waals surface area contributed by atoms with Crippen LogP contribution in [0.25, 0.3) is 0 Å². The molecule has 1 aromatic heterocycles. The summed E-state index contributed by atoms with van der Waals surface area (Å²) < 4.78 is 58.2. The second-order valence-electron chi connectivity index (χ2n) is 7.87. The maximum atomic E-state index is 13.0. The third-order valence-corrected chi connectivity index (χ3v) is 7.79. The van der Waals surface area contributed by atoms with Crippen LogP contribution in [0.5, 0.6) is 0 Å². The number of piperazine rings is 1. The zero-order valence-corrected chi connectivity index (χ0v) is 19.3. The van der Waals surface area contributed by atoms with Gasteiger partial charge in [-0.15, -0.1) is 0 Å². The molecule has 10 heteroatoms. The van der Waals surface area contributed by atoms with Gasteiger partial charge in [0.05, 0.1) is 10.5 Å². The Morgan fingerprint density at radius 3 is 2.59 bits per heavy atom. The van der Waals surface area contributed by atoms with Crippen LogP contribution in [0.2, 0.25) is 0 Å². The number of halogens is 3. The summed E-state index contributed by atoms with van der Waals surface area (Å²) in [6.07, 6.45) is -3.80. The Morgan fingerprint density at radius 2 is 1.91 bits per heavy atom. The van der Waals surface area contributed by atoms with E-state index in [9.17, 15) is 17.4 Å². The first-order chi connectivity index (χ1) is 15.2. The van der Waals surface area contributed by atoms with Crippen molar-refractivity contribution in [1.29, 1.82) is 0 Å². The molecule has 0 radical (unpaired) electrons. The standard InChI is InChI=1S/C22H23F3N4OS2/c1-15-6-8-17(9-7-15)12-20-26-21(31-27-20)28-10-11-29(16(2)14-28)32(30)19-5-3-4-18(13-19)22(23,24)25/h3-9,13,16H,10-12,14H2,1-2H3. The Bertz CT molecular complexity index is 1100. The molecule has 5 nitrogen and oxygen atoms in total. The number of alkyl halides is 3. The van der Waals surface area contributed by atoms with E-state index in [1.165, 1.54) is 29.2 Å². The molecule has 32 heavy (non-hydrogen) atoms. The first-order valence-electron chi connectivity index (χ1n) is 10.2. The minimum absolute atomic E-state index is 0.122. The molecule has 1 aliphatic heterocycles. The molecule has 0 bridgehead atoms. The van der Waals surface area contributed by atoms with E-state index in [1.54, 1.807) is 4.31 Å². The van der Waals surface area contributed by atoms with Crippen LogP contribution < -0.4 is 4.90 Å². The van der Waals surface area contributed by atoms with Crippen LogP contribution in [-0.2, 0) is 23.6 Å². The number of nitrogens with zero attached hydrogens (tertiary/aromatic N) is 4. The summed E-state index contributed by atoms with van der Waals surface area (Å²) in [5.41, 5.74) is 1.56. The maximum absolute atomic E-state index is 13.0. The number of anilines is 1. The predicted molar refractivity (Wildman–Crippen MR) is 120 cm³/mol. The van der Waals surface area contributed by atoms with Gasteiger partial charge < -0.3 is 4.90 Å². The summed E-state index contributed by atoms with van der Waals surface area (Å²) in [5, 5.41) is 0.809. The fourth-order valence-corrected chi connectivity index (χ4v) is 5.67. The lowest BCUT2D eigenvalue weighted by Gasteiger charge is -2.38. The van der Waals surface area contributed by atoms with Crippen LogP contribution in [0.4, 0.5) is 18.3 Å². The van der Waals surface area contributed by atoms with Crippen LogP contribution in [0.15, 0.2) is 53.4 Å². The van der Waals surface area contributed by atoms with Gasteiger partial charge in [-0.05, 0) is 37.6 Å². The van der Waals surface area contributed by atoms with Crippen molar-refractivity contribution in [2.75, 3.05) is 24.5 Å². The minimum Gasteiger partial charge on any atom is -0.344 e. The first kappa shape index (κ1) is 22.9. The molecule has 0 saturated carbocycles. The highest BCUT2D eigenvalue weighted by molar-refractivity contribution is 7.82. The number of benzene rings is 2. The average Bonchev–Trinajstić information content (AvgIpc) is 3.23. The molecule has 2 heterocycles. The van der Waals surface area contributed by atoms with Crippen molar-refractivity contribution in [2.24, 2.45) is 0 Å². The molecule has 1 fully saturated rings. The van der Waals surface area contributed by atoms with Crippen molar-refractivity contribution in [3.05, 3.63) is 71.0 Å². The van der Waals surface area contributed by atoms with Gasteiger partial charge in [-0.3, -0.25) is 0 Å². The summed E-state index contributed by atoms with van der Waals surface area (Å²) in [5.74, 6) is 0.761. The van der Waals surface area contributed by atoms with Gasteiger partial charge in [-0.1, -0.05) is 35.9 Å². The fraction of sp³-hybridized carbons (Fsp3) is 0.364. The summed E-state index contributed by atoms with van der Waals surface area (Å²) in [6, 6.07) is 12.9. The summed E-state index contributed by atoms with van der Waals surface area (Å²) in [4.78, 5) is 6.93. The van der Waals surface area contributed by atoms with Crippen molar-refractivity contribution in [1.82, 2.24) is 13.7 Å². The smallest absolute Gasteiger partial charge is 0.344 e. The molecular weight excluding hydrogens is 457 g/mol. The number of hydrogen-bond acceptors (Lipinski definition) is 5. The van der Waals surface area contributed by atoms with Gasteiger partial charge in [0, 0.05) is 43.6 Å². The summed E-state index contributed by atoms with van der Waals surface area (Å²) in [6.45, 7) is 5.57. The Hall–Kier alpha value is -2.30. The largest absolute Gasteiger partial charge is 0.416 e. The van der Waals surface area contributed by atoms with E-state index in [1.807, 2.05) is 13.8 Å². The highest BCUT2D eigenvalue weighted by Gasteiger charge is 2.33. The molecule has 0 N–H and O–H groups in total. The molecule has 4 rings (SSSR count). The van der Waals surface area contributed by atoms with E-state index < -0.39 is 22.7 Å². The quantitative estimate of drug-likeness (QED) is 0.532. The van der Waals surface area contributed by atoms with Gasteiger partial charge in [0.1, 0.15) is 16.8 Å². The molecule has 1 aliphatic rings. The SMILES string of the molecule is Cc1ccc(Cc2nsc(N3CCN(S(=O)c4cccc(C(F)(F)F)c4)C(C)C3)n2)cc1. The number of aryl methyl sites for hydroxylation is 1. The van der Waals surface area contributed by atoms with Crippen molar-refractivity contribution in [2.45, 2.75) is 37.4 Å². The maximum Gasteiger partial charge on any atom is 0.416 e. The Balaban J connectivity index is 1.41. The molecule has 2 atom stereocenters. The molecule has 2 unspecified atom stereocenters. The molecule has 0 amide bonds. The van der Waals surface area contributed by atoms with Gasteiger partial charge >= 0.3 is 6.18 Å². The van der Waals surface area contributed by atoms with Gasteiger partial charge in [0.15, 0.2) is 0 Å². The number of aromatic nitrogens is 2. The van der Waals surface area contributed by atoms with Gasteiger partial charge in [0.25, 0.3) is 0 Å². The lowest BCUT2D eigenvalue weighted by atomic mass is 10.1. The van der Waals surface area contributed by atoms with Crippen molar-refractivity contribution in [3.63, 3.8) is 0 Å². The molecule has 170 valence electrons. The zero-order chi connectivity index (χ0) is 22.9. The van der Waals surface area contributed by atoms with Gasteiger partial charge in [-0.25, -0.2) is 13.5 Å². The molecular formula is C22H23F3N4OS2. The number of hydrogen-bond donors (Lipinski definition) is 0. The lowest BCUT2D eigenvalue weighted by Crippen LogP contribution is -2.52. The number of rotatable bonds is 5. The highest BCUT2D eigenvalue weighted by Crippen LogP contribution is 2.31. The second-order valence-corrected chi connectivity index (χ2v) is 10.0. The zero-order valence-electron chi connectivity index (χ0n) is 17.7. The van der Waals surface area contributed by atoms with Crippen LogP contribution in [0.3, 0.4) is 0 Å². The summed E-state index contributed by atoms with van der Waals surface area (Å²) >= 11 is 1.34. The van der Waals surface area contributed by atoms with E-state index in [4.69, 9.17) is 0 Å². The minimum atomic E-state index is -4.46. The van der Waals surface area contributed by atoms with Crippen LogP contribution in [-0.4, -0.2) is 43.5 Å². The van der Waals surface area contributed by atoms with Crippen LogP contribution in [0, 0.1) is 6.92 Å². The van der Waals surface area contributed by atoms with E-state index >= 15 is 0 Å². The van der Waals surface area contributed by atoms with Crippen LogP contribution >= 0.6 is 11.5 Å². The molecule has 0 spiro atoms. The third kappa shape index (κ3) is 5.19. The normalized spacial score (nSPS) is 18.7. The molecule has 1 saturated heterocycles. The third-order valence-electron chi connectivity index (χ3n) is 5.35. The Kier molecular flexibility index (Phi) is 6.64. The first-order valence-corrected chi connectivity index (χ1v) is 12.1. The Labute approximate surface area is 191 Å². The van der Waals surface area contributed by atoms with E-state index in [2.05, 4.69) is 38.5 Å². The summed E-state index contributed by atoms with van der Waals surface area (Å²) in [7, 11) is -1.67. The van der Waals surface area contributed by atoms with Crippen LogP contribution in [0.1, 0.15) is 29.4 Å². The van der Waals surface area contributed by atoms with E-state index in [0.717, 1.165) is 28.7 Å². The Morgan fingerprint density at radius 1 is 1.16 bits per heavy atom. The van der Waals surface area contributed by atoms with Gasteiger partial charge in [0.2, 0.25) is 5.13 Å². The highest BCUT2D eigenvalue weighted by atomic mass is 32.2.